The van der Waals surface area contributed by atoms with Gasteiger partial charge in [0.2, 0.25) is 0 Å². The van der Waals surface area contributed by atoms with Crippen molar-refractivity contribution in [2.75, 3.05) is 0 Å². The zero-order valence-electron chi connectivity index (χ0n) is 8.04. The second kappa shape index (κ2) is 3.71. The molecule has 0 bridgehead atoms. The van der Waals surface area contributed by atoms with Crippen LogP contribution in [0.4, 0.5) is 0 Å². The molecule has 0 saturated heterocycles. The van der Waals surface area contributed by atoms with Gasteiger partial charge in [0.1, 0.15) is 0 Å². The van der Waals surface area contributed by atoms with Crippen LogP contribution in [0.2, 0.25) is 5.02 Å². The summed E-state index contributed by atoms with van der Waals surface area (Å²) in [4.78, 5) is 5.62. The Morgan fingerprint density at radius 1 is 1.36 bits per heavy atom. The van der Waals surface area contributed by atoms with Crippen LogP contribution in [0.3, 0.4) is 0 Å². The van der Waals surface area contributed by atoms with Crippen molar-refractivity contribution in [3.05, 3.63) is 39.2 Å². The average Bonchev–Trinajstić information content (AvgIpc) is 2.46. The van der Waals surface area contributed by atoms with Gasteiger partial charge in [-0.25, -0.2) is 0 Å². The number of aromatic nitrogens is 1. The molecular formula is C11H10ClNS. The second-order valence-electron chi connectivity index (χ2n) is 3.21. The van der Waals surface area contributed by atoms with Crippen molar-refractivity contribution in [2.45, 2.75) is 13.8 Å². The number of hydrogen-bond donors (Lipinski definition) is 0. The van der Waals surface area contributed by atoms with E-state index in [9.17, 15) is 0 Å². The Bertz CT molecular complexity index is 443. The minimum Gasteiger partial charge on any atom is -0.256 e. The number of hydrogen-bond acceptors (Lipinski definition) is 2. The second-order valence-corrected chi connectivity index (χ2v) is 4.73. The van der Waals surface area contributed by atoms with Crippen molar-refractivity contribution in [2.24, 2.45) is 0 Å². The molecule has 0 unspecified atom stereocenters. The first-order valence-electron chi connectivity index (χ1n) is 4.35. The van der Waals surface area contributed by atoms with Crippen molar-refractivity contribution in [3.8, 4) is 11.3 Å². The summed E-state index contributed by atoms with van der Waals surface area (Å²) in [6.45, 7) is 4.21. The lowest BCUT2D eigenvalue weighted by atomic mass is 10.1. The molecule has 3 heteroatoms. The Hall–Kier alpha value is -0.860. The van der Waals surface area contributed by atoms with Crippen LogP contribution in [-0.2, 0) is 0 Å². The fourth-order valence-electron chi connectivity index (χ4n) is 1.50. The van der Waals surface area contributed by atoms with E-state index in [0.29, 0.717) is 0 Å². The highest BCUT2D eigenvalue weighted by Crippen LogP contribution is 2.31. The average molecular weight is 224 g/mol. The largest absolute Gasteiger partial charge is 0.256 e. The Labute approximate surface area is 92.4 Å². The van der Waals surface area contributed by atoms with E-state index < -0.39 is 0 Å². The fraction of sp³-hybridized carbons (Fsp3) is 0.182. The van der Waals surface area contributed by atoms with Crippen molar-refractivity contribution in [3.63, 3.8) is 0 Å². The molecule has 0 N–H and O–H groups in total. The van der Waals surface area contributed by atoms with Crippen molar-refractivity contribution < 1.29 is 0 Å². The summed E-state index contributed by atoms with van der Waals surface area (Å²) in [7, 11) is 0. The number of rotatable bonds is 1. The molecule has 0 atom stereocenters. The van der Waals surface area contributed by atoms with Gasteiger partial charge in [0, 0.05) is 21.7 Å². The maximum absolute atomic E-state index is 5.93. The number of nitrogens with zero attached hydrogens (tertiary/aromatic N) is 1. The Kier molecular flexibility index (Phi) is 2.57. The van der Waals surface area contributed by atoms with Crippen LogP contribution in [-0.4, -0.2) is 4.98 Å². The van der Waals surface area contributed by atoms with Gasteiger partial charge >= 0.3 is 0 Å². The van der Waals surface area contributed by atoms with E-state index in [1.165, 1.54) is 16.0 Å². The molecule has 0 amide bonds. The van der Waals surface area contributed by atoms with Gasteiger partial charge in [-0.05, 0) is 36.9 Å². The molecule has 0 aliphatic heterocycles. The molecule has 0 fully saturated rings. The first-order valence-corrected chi connectivity index (χ1v) is 5.61. The topological polar surface area (TPSA) is 12.9 Å². The third kappa shape index (κ3) is 1.68. The molecular weight excluding hydrogens is 214 g/mol. The molecule has 0 aliphatic rings. The lowest BCUT2D eigenvalue weighted by Gasteiger charge is -2.01. The summed E-state index contributed by atoms with van der Waals surface area (Å²) in [6, 6.07) is 3.70. The predicted molar refractivity (Wildman–Crippen MR) is 62.0 cm³/mol. The van der Waals surface area contributed by atoms with E-state index in [1.54, 1.807) is 23.6 Å². The molecule has 2 aromatic rings. The third-order valence-electron chi connectivity index (χ3n) is 2.14. The highest BCUT2D eigenvalue weighted by Gasteiger charge is 2.08. The fourth-order valence-corrected chi connectivity index (χ4v) is 2.51. The summed E-state index contributed by atoms with van der Waals surface area (Å²) in [5.41, 5.74) is 3.45. The van der Waals surface area contributed by atoms with Crippen molar-refractivity contribution in [1.29, 1.82) is 0 Å². The predicted octanol–water partition coefficient (Wildman–Crippen LogP) is 4.08. The van der Waals surface area contributed by atoms with Gasteiger partial charge in [0.25, 0.3) is 0 Å². The molecule has 0 saturated carbocycles. The van der Waals surface area contributed by atoms with Gasteiger partial charge in [0.05, 0.1) is 5.69 Å². The monoisotopic (exact) mass is 223 g/mol. The normalized spacial score (nSPS) is 10.5. The molecule has 2 aromatic heterocycles. The van der Waals surface area contributed by atoms with Gasteiger partial charge in [0.15, 0.2) is 0 Å². The summed E-state index contributed by atoms with van der Waals surface area (Å²) in [5.74, 6) is 0. The first-order chi connectivity index (χ1) is 6.68. The zero-order valence-corrected chi connectivity index (χ0v) is 9.62. The lowest BCUT2D eigenvalue weighted by molar-refractivity contribution is 1.31. The smallest absolute Gasteiger partial charge is 0.0730 e. The zero-order chi connectivity index (χ0) is 10.1. The number of thiophene rings is 1. The van der Waals surface area contributed by atoms with Gasteiger partial charge in [-0.1, -0.05) is 11.6 Å². The molecule has 0 spiro atoms. The lowest BCUT2D eigenvalue weighted by Crippen LogP contribution is -1.84. The van der Waals surface area contributed by atoms with E-state index in [1.807, 2.05) is 6.07 Å². The number of halogens is 1. The Morgan fingerprint density at radius 3 is 2.71 bits per heavy atom. The highest BCUT2D eigenvalue weighted by molar-refractivity contribution is 7.10. The van der Waals surface area contributed by atoms with Crippen LogP contribution in [0, 0.1) is 13.8 Å². The standard InChI is InChI=1S/C11H10ClNS/c1-7-6-14-8(2)11(7)10-5-9(12)3-4-13-10/h3-6H,1-2H3. The first kappa shape index (κ1) is 9.69. The molecule has 72 valence electrons. The van der Waals surface area contributed by atoms with Crippen LogP contribution in [0.15, 0.2) is 23.7 Å². The van der Waals surface area contributed by atoms with Crippen LogP contribution in [0.1, 0.15) is 10.4 Å². The highest BCUT2D eigenvalue weighted by atomic mass is 35.5. The van der Waals surface area contributed by atoms with Crippen molar-refractivity contribution >= 4 is 22.9 Å². The van der Waals surface area contributed by atoms with Gasteiger partial charge < -0.3 is 0 Å². The molecule has 2 rings (SSSR count). The summed E-state index contributed by atoms with van der Waals surface area (Å²) in [6.07, 6.45) is 1.74. The minimum absolute atomic E-state index is 0.736. The number of pyridine rings is 1. The van der Waals surface area contributed by atoms with E-state index in [0.717, 1.165) is 10.7 Å². The van der Waals surface area contributed by atoms with Crippen LogP contribution in [0.5, 0.6) is 0 Å². The SMILES string of the molecule is Cc1csc(C)c1-c1cc(Cl)ccn1. The molecule has 0 aromatic carbocycles. The summed E-state index contributed by atoms with van der Waals surface area (Å²) < 4.78 is 0. The van der Waals surface area contributed by atoms with Crippen LogP contribution < -0.4 is 0 Å². The maximum Gasteiger partial charge on any atom is 0.0730 e. The molecule has 14 heavy (non-hydrogen) atoms. The Balaban J connectivity index is 2.59. The van der Waals surface area contributed by atoms with E-state index in [2.05, 4.69) is 24.2 Å². The summed E-state index contributed by atoms with van der Waals surface area (Å²) in [5, 5.41) is 2.88. The summed E-state index contributed by atoms with van der Waals surface area (Å²) >= 11 is 7.68. The van der Waals surface area contributed by atoms with Crippen LogP contribution >= 0.6 is 22.9 Å². The van der Waals surface area contributed by atoms with Gasteiger partial charge in [-0.3, -0.25) is 4.98 Å². The molecule has 2 heterocycles. The van der Waals surface area contributed by atoms with E-state index in [-0.39, 0.29) is 0 Å². The quantitative estimate of drug-likeness (QED) is 0.710. The Morgan fingerprint density at radius 2 is 2.14 bits per heavy atom. The van der Waals surface area contributed by atoms with E-state index >= 15 is 0 Å². The van der Waals surface area contributed by atoms with Gasteiger partial charge in [-0.2, -0.15) is 0 Å². The molecule has 0 aliphatic carbocycles. The molecule has 1 nitrogen and oxygen atoms in total. The minimum atomic E-state index is 0.736. The molecule has 0 radical (unpaired) electrons. The van der Waals surface area contributed by atoms with Crippen molar-refractivity contribution in [1.82, 2.24) is 4.98 Å². The van der Waals surface area contributed by atoms with E-state index in [4.69, 9.17) is 11.6 Å². The number of aryl methyl sites for hydroxylation is 2. The maximum atomic E-state index is 5.93. The van der Waals surface area contributed by atoms with Crippen LogP contribution in [0.25, 0.3) is 11.3 Å². The van der Waals surface area contributed by atoms with Gasteiger partial charge in [-0.15, -0.1) is 11.3 Å². The third-order valence-corrected chi connectivity index (χ3v) is 3.40.